The van der Waals surface area contributed by atoms with Gasteiger partial charge in [0.05, 0.1) is 0 Å². The monoisotopic (exact) mass is 136 g/mol. The maximum atomic E-state index is 8.74. The Morgan fingerprint density at radius 3 is 1.40 bits per heavy atom. The predicted octanol–water partition coefficient (Wildman–Crippen LogP) is -2.07. The van der Waals surface area contributed by atoms with E-state index in [4.69, 9.17) is 10.0 Å². The van der Waals surface area contributed by atoms with Crippen LogP contribution >= 0.6 is 11.5 Å². The summed E-state index contributed by atoms with van der Waals surface area (Å²) in [6, 6.07) is 0. The molecule has 0 saturated carbocycles. The van der Waals surface area contributed by atoms with Crippen LogP contribution in [0, 0.1) is 0 Å². The first kappa shape index (κ1) is 9.24. The summed E-state index contributed by atoms with van der Waals surface area (Å²) in [5, 5.41) is 17.5. The Labute approximate surface area is 45.1 Å². The molecule has 32 valence electrons. The Morgan fingerprint density at radius 2 is 1.40 bits per heavy atom. The molecule has 0 aromatic rings. The average molecular weight is 137 g/mol. The second kappa shape index (κ2) is 4.77. The number of hydrogen-bond acceptors (Lipinski definition) is 2. The largest absolute Gasteiger partial charge is 2.00 e. The molecule has 0 spiro atoms. The molecule has 0 bridgehead atoms. The van der Waals surface area contributed by atoms with Gasteiger partial charge in [-0.3, -0.25) is 0 Å². The minimum atomic E-state index is -2.19. The molecular formula is BClNiO2. The van der Waals surface area contributed by atoms with Crippen LogP contribution in [0.15, 0.2) is 0 Å². The van der Waals surface area contributed by atoms with Crippen molar-refractivity contribution >= 4 is 18.0 Å². The van der Waals surface area contributed by atoms with Crippen molar-refractivity contribution < 1.29 is 26.5 Å². The van der Waals surface area contributed by atoms with Gasteiger partial charge in [-0.15, -0.1) is 0 Å². The fraction of sp³-hybridized carbons (Fsp3) is 0. The molecule has 0 aromatic carbocycles. The molecule has 0 aromatic heterocycles. The molecule has 0 amide bonds. The second-order valence-electron chi connectivity index (χ2n) is 0.274. The zero-order valence-electron chi connectivity index (χ0n) is 2.09. The topological polar surface area (TPSA) is 46.1 Å². The fourth-order valence-electron chi connectivity index (χ4n) is 0. The van der Waals surface area contributed by atoms with Crippen LogP contribution in [0.2, 0.25) is 0 Å². The molecule has 0 N–H and O–H groups in total. The molecule has 0 aliphatic heterocycles. The SMILES string of the molecule is [Ni+2].[O-]B([O-])Cl. The van der Waals surface area contributed by atoms with Crippen LogP contribution in [0.1, 0.15) is 0 Å². The van der Waals surface area contributed by atoms with Gasteiger partial charge in [0.1, 0.15) is 0 Å². The Kier molecular flexibility index (Phi) is 8.81. The van der Waals surface area contributed by atoms with Crippen molar-refractivity contribution in [3.05, 3.63) is 0 Å². The minimum Gasteiger partial charge on any atom is -0.881 e. The van der Waals surface area contributed by atoms with E-state index in [1.807, 2.05) is 0 Å². The summed E-state index contributed by atoms with van der Waals surface area (Å²) < 4.78 is 0. The number of hydrogen-bond donors (Lipinski definition) is 0. The minimum absolute atomic E-state index is 0. The molecule has 0 rings (SSSR count). The van der Waals surface area contributed by atoms with Crippen molar-refractivity contribution in [3.63, 3.8) is 0 Å². The van der Waals surface area contributed by atoms with Crippen LogP contribution in [0.25, 0.3) is 0 Å². The molecule has 0 aliphatic rings. The Hall–Kier alpha value is 0.768. The summed E-state index contributed by atoms with van der Waals surface area (Å²) in [5.74, 6) is 0. The molecule has 0 radical (unpaired) electrons. The molecule has 5 heteroatoms. The maximum absolute atomic E-state index is 8.74. The van der Waals surface area contributed by atoms with E-state index in [1.165, 1.54) is 0 Å². The van der Waals surface area contributed by atoms with Crippen LogP contribution in [0.5, 0.6) is 0 Å². The normalized spacial score (nSPS) is 5.40. The van der Waals surface area contributed by atoms with E-state index >= 15 is 0 Å². The summed E-state index contributed by atoms with van der Waals surface area (Å²) in [6.45, 7) is -2.19. The number of halogens is 1. The maximum Gasteiger partial charge on any atom is 2.00 e. The Balaban J connectivity index is 0. The molecule has 0 saturated heterocycles. The van der Waals surface area contributed by atoms with E-state index in [2.05, 4.69) is 11.5 Å². The third-order valence-corrected chi connectivity index (χ3v) is 0. The smallest absolute Gasteiger partial charge is 0.881 e. The van der Waals surface area contributed by atoms with Gasteiger partial charge in [-0.1, -0.05) is 0 Å². The van der Waals surface area contributed by atoms with Crippen LogP contribution in [0.3, 0.4) is 0 Å². The van der Waals surface area contributed by atoms with Crippen LogP contribution < -0.4 is 10.0 Å². The van der Waals surface area contributed by atoms with Crippen molar-refractivity contribution in [2.75, 3.05) is 0 Å². The fourth-order valence-corrected chi connectivity index (χ4v) is 0. The average Bonchev–Trinajstić information content (AvgIpc) is 0.811. The van der Waals surface area contributed by atoms with Crippen molar-refractivity contribution in [1.29, 1.82) is 0 Å². The van der Waals surface area contributed by atoms with Crippen LogP contribution in [0.4, 0.5) is 0 Å². The first-order valence-corrected chi connectivity index (χ1v) is 1.13. The Morgan fingerprint density at radius 1 is 1.40 bits per heavy atom. The van der Waals surface area contributed by atoms with E-state index in [0.29, 0.717) is 0 Å². The first-order valence-electron chi connectivity index (χ1n) is 0.690. The summed E-state index contributed by atoms with van der Waals surface area (Å²) in [4.78, 5) is 0. The van der Waals surface area contributed by atoms with Gasteiger partial charge >= 0.3 is 16.5 Å². The first-order chi connectivity index (χ1) is 1.73. The zero-order valence-corrected chi connectivity index (χ0v) is 3.83. The van der Waals surface area contributed by atoms with Gasteiger partial charge in [-0.05, 0) is 0 Å². The van der Waals surface area contributed by atoms with Crippen molar-refractivity contribution in [3.8, 4) is 0 Å². The van der Waals surface area contributed by atoms with Crippen LogP contribution in [-0.4, -0.2) is 6.53 Å². The summed E-state index contributed by atoms with van der Waals surface area (Å²) in [7, 11) is 0. The van der Waals surface area contributed by atoms with Gasteiger partial charge in [0, 0.05) is 6.53 Å². The molecule has 0 heterocycles. The summed E-state index contributed by atoms with van der Waals surface area (Å²) >= 11 is 4.16. The molecular weight excluding hydrogens is 137 g/mol. The van der Waals surface area contributed by atoms with Crippen LogP contribution in [-0.2, 0) is 16.5 Å². The summed E-state index contributed by atoms with van der Waals surface area (Å²) in [6.07, 6.45) is 0. The van der Waals surface area contributed by atoms with E-state index in [-0.39, 0.29) is 16.5 Å². The predicted molar refractivity (Wildman–Crippen MR) is 11.6 cm³/mol. The van der Waals surface area contributed by atoms with E-state index in [9.17, 15) is 0 Å². The standard InChI is InChI=1S/BClO2.Ni/c2-1(3)4;/q-2;+2. The Bertz CT molecular complexity index is 14.4. The van der Waals surface area contributed by atoms with E-state index in [1.54, 1.807) is 0 Å². The van der Waals surface area contributed by atoms with E-state index in [0.717, 1.165) is 0 Å². The van der Waals surface area contributed by atoms with Gasteiger partial charge in [-0.2, -0.15) is 0 Å². The molecule has 2 nitrogen and oxygen atoms in total. The van der Waals surface area contributed by atoms with Gasteiger partial charge < -0.3 is 10.0 Å². The summed E-state index contributed by atoms with van der Waals surface area (Å²) in [5.41, 5.74) is 0. The second-order valence-corrected chi connectivity index (χ2v) is 0.631. The van der Waals surface area contributed by atoms with Crippen molar-refractivity contribution in [2.24, 2.45) is 0 Å². The molecule has 0 aliphatic carbocycles. The van der Waals surface area contributed by atoms with Gasteiger partial charge in [0.15, 0.2) is 0 Å². The van der Waals surface area contributed by atoms with Crippen molar-refractivity contribution in [2.45, 2.75) is 0 Å². The van der Waals surface area contributed by atoms with Gasteiger partial charge in [-0.25, -0.2) is 11.5 Å². The quantitative estimate of drug-likeness (QED) is 0.360. The third-order valence-electron chi connectivity index (χ3n) is 0. The molecule has 0 atom stereocenters. The van der Waals surface area contributed by atoms with Crippen molar-refractivity contribution in [1.82, 2.24) is 0 Å². The zero-order chi connectivity index (χ0) is 3.58. The van der Waals surface area contributed by atoms with Gasteiger partial charge in [0.25, 0.3) is 0 Å². The molecule has 0 unspecified atom stereocenters. The number of rotatable bonds is 0. The molecule has 0 fully saturated rings. The van der Waals surface area contributed by atoms with E-state index < -0.39 is 6.53 Å². The third kappa shape index (κ3) is 61.9. The molecule has 5 heavy (non-hydrogen) atoms. The van der Waals surface area contributed by atoms with Gasteiger partial charge in [0.2, 0.25) is 0 Å².